The van der Waals surface area contributed by atoms with Gasteiger partial charge in [0.05, 0.1) is 12.1 Å². The number of Topliss-reactive ketones (excluding diaryl/α,β-unsaturated/α-hetero) is 1. The lowest BCUT2D eigenvalue weighted by atomic mass is 10.0. The topological polar surface area (TPSA) is 26.3 Å². The molecule has 0 aromatic heterocycles. The molecule has 0 saturated carbocycles. The number of carbonyl (C=O) groups is 1. The Balaban J connectivity index is 2.29. The van der Waals surface area contributed by atoms with E-state index in [4.69, 9.17) is 27.9 Å². The average molecular weight is 295 g/mol. The van der Waals surface area contributed by atoms with Gasteiger partial charge in [-0.1, -0.05) is 35.3 Å². The highest BCUT2D eigenvalue weighted by Crippen LogP contribution is 2.25. The fourth-order valence-electron chi connectivity index (χ4n) is 1.84. The third-order valence-electron chi connectivity index (χ3n) is 2.77. The second-order valence-corrected chi connectivity index (χ2v) is 4.88. The number of hydrogen-bond acceptors (Lipinski definition) is 2. The second-order valence-electron chi connectivity index (χ2n) is 4.04. The van der Waals surface area contributed by atoms with Gasteiger partial charge in [0.2, 0.25) is 0 Å². The number of halogens is 2. The number of hydrogen-bond donors (Lipinski definition) is 0. The maximum Gasteiger partial charge on any atom is 0.168 e. The lowest BCUT2D eigenvalue weighted by molar-refractivity contribution is 0.0992. The number of carbonyl (C=O) groups excluding carboxylic acids is 1. The molecule has 98 valence electrons. The quantitative estimate of drug-likeness (QED) is 0.780. The van der Waals surface area contributed by atoms with Crippen LogP contribution in [0.15, 0.2) is 42.5 Å². The Morgan fingerprint density at radius 1 is 1.16 bits per heavy atom. The molecule has 0 unspecified atom stereocenters. The van der Waals surface area contributed by atoms with E-state index in [2.05, 4.69) is 0 Å². The van der Waals surface area contributed by atoms with Crippen LogP contribution in [-0.4, -0.2) is 12.9 Å². The molecule has 2 rings (SSSR count). The van der Waals surface area contributed by atoms with Gasteiger partial charge >= 0.3 is 0 Å². The zero-order valence-corrected chi connectivity index (χ0v) is 11.8. The van der Waals surface area contributed by atoms with Gasteiger partial charge in [-0.25, -0.2) is 0 Å². The number of methoxy groups -OCH3 is 1. The molecule has 0 spiro atoms. The molecule has 0 saturated heterocycles. The van der Waals surface area contributed by atoms with Crippen molar-refractivity contribution in [1.82, 2.24) is 0 Å². The Morgan fingerprint density at radius 3 is 2.58 bits per heavy atom. The number of benzene rings is 2. The summed E-state index contributed by atoms with van der Waals surface area (Å²) in [5, 5.41) is 1.02. The maximum absolute atomic E-state index is 12.2. The molecule has 0 atom stereocenters. The second kappa shape index (κ2) is 6.09. The third kappa shape index (κ3) is 3.28. The van der Waals surface area contributed by atoms with Gasteiger partial charge < -0.3 is 4.74 Å². The van der Waals surface area contributed by atoms with Crippen molar-refractivity contribution in [3.05, 3.63) is 63.6 Å². The van der Waals surface area contributed by atoms with E-state index in [-0.39, 0.29) is 12.2 Å². The van der Waals surface area contributed by atoms with E-state index in [1.165, 1.54) is 0 Å². The van der Waals surface area contributed by atoms with Crippen molar-refractivity contribution in [2.75, 3.05) is 7.11 Å². The SMILES string of the molecule is COc1ccc(Cl)cc1CC(=O)c1ccccc1Cl. The average Bonchev–Trinajstić information content (AvgIpc) is 2.39. The number of ether oxygens (including phenoxy) is 1. The summed E-state index contributed by atoms with van der Waals surface area (Å²) in [5.41, 5.74) is 1.26. The summed E-state index contributed by atoms with van der Waals surface area (Å²) in [7, 11) is 1.56. The van der Waals surface area contributed by atoms with Crippen LogP contribution in [0.2, 0.25) is 10.0 Å². The van der Waals surface area contributed by atoms with Crippen LogP contribution in [0.4, 0.5) is 0 Å². The van der Waals surface area contributed by atoms with E-state index in [9.17, 15) is 4.79 Å². The molecule has 0 N–H and O–H groups in total. The van der Waals surface area contributed by atoms with Crippen molar-refractivity contribution >= 4 is 29.0 Å². The Morgan fingerprint density at radius 2 is 1.89 bits per heavy atom. The van der Waals surface area contributed by atoms with Crippen molar-refractivity contribution < 1.29 is 9.53 Å². The normalized spacial score (nSPS) is 10.3. The first-order valence-electron chi connectivity index (χ1n) is 5.72. The highest BCUT2D eigenvalue weighted by Gasteiger charge is 2.13. The van der Waals surface area contributed by atoms with Gasteiger partial charge in [-0.2, -0.15) is 0 Å². The third-order valence-corrected chi connectivity index (χ3v) is 3.33. The van der Waals surface area contributed by atoms with Crippen molar-refractivity contribution in [3.8, 4) is 5.75 Å². The first kappa shape index (κ1) is 13.9. The zero-order valence-electron chi connectivity index (χ0n) is 10.3. The minimum Gasteiger partial charge on any atom is -0.496 e. The van der Waals surface area contributed by atoms with E-state index in [0.717, 1.165) is 5.56 Å². The molecular formula is C15H12Cl2O2. The van der Waals surface area contributed by atoms with Crippen molar-refractivity contribution in [2.24, 2.45) is 0 Å². The van der Waals surface area contributed by atoms with E-state index < -0.39 is 0 Å². The van der Waals surface area contributed by atoms with Crippen molar-refractivity contribution in [3.63, 3.8) is 0 Å². The first-order chi connectivity index (χ1) is 9.11. The van der Waals surface area contributed by atoms with Crippen LogP contribution in [0.5, 0.6) is 5.75 Å². The fraction of sp³-hybridized carbons (Fsp3) is 0.133. The Labute approximate surface area is 121 Å². The van der Waals surface area contributed by atoms with Gasteiger partial charge in [-0.15, -0.1) is 0 Å². The van der Waals surface area contributed by atoms with E-state index in [1.807, 2.05) is 0 Å². The van der Waals surface area contributed by atoms with Crippen LogP contribution in [0.25, 0.3) is 0 Å². The molecule has 0 fully saturated rings. The number of ketones is 1. The van der Waals surface area contributed by atoms with E-state index in [1.54, 1.807) is 49.6 Å². The predicted molar refractivity (Wildman–Crippen MR) is 77.5 cm³/mol. The summed E-state index contributed by atoms with van der Waals surface area (Å²) in [4.78, 5) is 12.2. The monoisotopic (exact) mass is 294 g/mol. The molecule has 19 heavy (non-hydrogen) atoms. The molecular weight excluding hydrogens is 283 g/mol. The van der Waals surface area contributed by atoms with Crippen LogP contribution >= 0.6 is 23.2 Å². The Bertz CT molecular complexity index is 609. The van der Waals surface area contributed by atoms with Crippen molar-refractivity contribution in [2.45, 2.75) is 6.42 Å². The van der Waals surface area contributed by atoms with Gasteiger partial charge in [0.1, 0.15) is 5.75 Å². The zero-order chi connectivity index (χ0) is 13.8. The first-order valence-corrected chi connectivity index (χ1v) is 6.47. The summed E-state index contributed by atoms with van der Waals surface area (Å²) >= 11 is 12.0. The van der Waals surface area contributed by atoms with Crippen LogP contribution in [0.1, 0.15) is 15.9 Å². The van der Waals surface area contributed by atoms with Gasteiger partial charge in [-0.3, -0.25) is 4.79 Å². The van der Waals surface area contributed by atoms with Crippen LogP contribution < -0.4 is 4.74 Å². The highest BCUT2D eigenvalue weighted by molar-refractivity contribution is 6.34. The Hall–Kier alpha value is -1.51. The van der Waals surface area contributed by atoms with Gasteiger partial charge in [0.15, 0.2) is 5.78 Å². The molecule has 0 radical (unpaired) electrons. The molecule has 0 amide bonds. The van der Waals surface area contributed by atoms with Gasteiger partial charge in [0, 0.05) is 22.6 Å². The summed E-state index contributed by atoms with van der Waals surface area (Å²) in [6.45, 7) is 0. The summed E-state index contributed by atoms with van der Waals surface area (Å²) < 4.78 is 5.22. The molecule has 0 aliphatic rings. The van der Waals surface area contributed by atoms with E-state index in [0.29, 0.717) is 21.4 Å². The molecule has 4 heteroatoms. The fourth-order valence-corrected chi connectivity index (χ4v) is 2.28. The largest absolute Gasteiger partial charge is 0.496 e. The van der Waals surface area contributed by atoms with Crippen LogP contribution in [0, 0.1) is 0 Å². The summed E-state index contributed by atoms with van der Waals surface area (Å²) in [6, 6.07) is 12.2. The lowest BCUT2D eigenvalue weighted by Gasteiger charge is -2.09. The van der Waals surface area contributed by atoms with Crippen LogP contribution in [-0.2, 0) is 6.42 Å². The smallest absolute Gasteiger partial charge is 0.168 e. The Kier molecular flexibility index (Phi) is 4.46. The van der Waals surface area contributed by atoms with Crippen molar-refractivity contribution in [1.29, 1.82) is 0 Å². The molecule has 2 aromatic carbocycles. The van der Waals surface area contributed by atoms with Gasteiger partial charge in [-0.05, 0) is 30.3 Å². The summed E-state index contributed by atoms with van der Waals surface area (Å²) in [6.07, 6.45) is 0.202. The number of rotatable bonds is 4. The van der Waals surface area contributed by atoms with Gasteiger partial charge in [0.25, 0.3) is 0 Å². The minimum atomic E-state index is -0.0637. The van der Waals surface area contributed by atoms with Crippen LogP contribution in [0.3, 0.4) is 0 Å². The summed E-state index contributed by atoms with van der Waals surface area (Å²) in [5.74, 6) is 0.580. The molecule has 2 aromatic rings. The standard InChI is InChI=1S/C15H12Cl2O2/c1-19-15-7-6-11(16)8-10(15)9-14(18)12-4-2-3-5-13(12)17/h2-8H,9H2,1H3. The molecule has 0 aliphatic carbocycles. The maximum atomic E-state index is 12.2. The molecule has 0 aliphatic heterocycles. The predicted octanol–water partition coefficient (Wildman–Crippen LogP) is 4.43. The van der Waals surface area contributed by atoms with E-state index >= 15 is 0 Å². The molecule has 2 nitrogen and oxygen atoms in total. The minimum absolute atomic E-state index is 0.0637. The molecule has 0 heterocycles. The molecule has 0 bridgehead atoms. The lowest BCUT2D eigenvalue weighted by Crippen LogP contribution is -2.05. The highest BCUT2D eigenvalue weighted by atomic mass is 35.5.